The molecule has 1 fully saturated rings. The highest BCUT2D eigenvalue weighted by atomic mass is 16.1. The van der Waals surface area contributed by atoms with E-state index in [0.717, 1.165) is 18.9 Å². The van der Waals surface area contributed by atoms with Crippen molar-refractivity contribution in [2.75, 3.05) is 11.4 Å². The van der Waals surface area contributed by atoms with E-state index in [2.05, 4.69) is 27.1 Å². The van der Waals surface area contributed by atoms with Crippen LogP contribution >= 0.6 is 0 Å². The molecule has 1 saturated heterocycles. The Morgan fingerprint density at radius 3 is 2.70 bits per heavy atom. The Labute approximate surface area is 120 Å². The van der Waals surface area contributed by atoms with Crippen LogP contribution in [0.4, 0.5) is 5.95 Å². The third kappa shape index (κ3) is 3.46. The van der Waals surface area contributed by atoms with Gasteiger partial charge in [-0.1, -0.05) is 6.92 Å². The maximum atomic E-state index is 11.9. The maximum absolute atomic E-state index is 11.9. The van der Waals surface area contributed by atoms with Crippen LogP contribution in [0.1, 0.15) is 56.8 Å². The van der Waals surface area contributed by atoms with Crippen LogP contribution in [0.2, 0.25) is 0 Å². The number of aromatic nitrogens is 2. The quantitative estimate of drug-likeness (QED) is 0.917. The summed E-state index contributed by atoms with van der Waals surface area (Å²) in [6, 6.07) is 0.646. The fourth-order valence-electron chi connectivity index (χ4n) is 2.62. The number of carbonyl (C=O) groups excluding carboxylic acids is 1. The van der Waals surface area contributed by atoms with Gasteiger partial charge in [-0.25, -0.2) is 9.97 Å². The third-order valence-corrected chi connectivity index (χ3v) is 3.68. The highest BCUT2D eigenvalue weighted by Gasteiger charge is 2.23. The van der Waals surface area contributed by atoms with Crippen LogP contribution in [0.3, 0.4) is 0 Å². The van der Waals surface area contributed by atoms with Gasteiger partial charge in [0.2, 0.25) is 5.95 Å². The van der Waals surface area contributed by atoms with Crippen molar-refractivity contribution in [1.29, 1.82) is 0 Å². The van der Waals surface area contributed by atoms with E-state index in [9.17, 15) is 4.79 Å². The molecule has 0 bridgehead atoms. The second kappa shape index (κ2) is 6.68. The van der Waals surface area contributed by atoms with E-state index in [0.29, 0.717) is 11.6 Å². The van der Waals surface area contributed by atoms with Crippen LogP contribution < -0.4 is 10.2 Å². The predicted octanol–water partition coefficient (Wildman–Crippen LogP) is 2.38. The normalized spacial score (nSPS) is 19.2. The van der Waals surface area contributed by atoms with E-state index in [1.807, 2.05) is 13.8 Å². The van der Waals surface area contributed by atoms with Crippen LogP contribution in [0.15, 0.2) is 12.4 Å². The highest BCUT2D eigenvalue weighted by Crippen LogP contribution is 2.23. The van der Waals surface area contributed by atoms with E-state index >= 15 is 0 Å². The first-order chi connectivity index (χ1) is 9.61. The summed E-state index contributed by atoms with van der Waals surface area (Å²) in [5.74, 6) is 0.634. The number of piperidine rings is 1. The minimum atomic E-state index is -0.114. The van der Waals surface area contributed by atoms with Crippen molar-refractivity contribution in [2.45, 2.75) is 58.5 Å². The van der Waals surface area contributed by atoms with Crippen molar-refractivity contribution in [1.82, 2.24) is 15.3 Å². The van der Waals surface area contributed by atoms with Gasteiger partial charge in [-0.05, 0) is 39.5 Å². The molecule has 0 aliphatic carbocycles. The molecular formula is C15H24N4O. The lowest BCUT2D eigenvalue weighted by molar-refractivity contribution is 0.0942. The van der Waals surface area contributed by atoms with E-state index in [1.54, 1.807) is 12.4 Å². The molecule has 5 heteroatoms. The molecule has 1 unspecified atom stereocenters. The molecule has 20 heavy (non-hydrogen) atoms. The summed E-state index contributed by atoms with van der Waals surface area (Å²) in [6.45, 7) is 7.09. The van der Waals surface area contributed by atoms with Gasteiger partial charge in [-0.3, -0.25) is 4.79 Å². The zero-order chi connectivity index (χ0) is 14.5. The Kier molecular flexibility index (Phi) is 4.93. The first-order valence-electron chi connectivity index (χ1n) is 7.51. The van der Waals surface area contributed by atoms with Gasteiger partial charge in [-0.15, -0.1) is 0 Å². The standard InChI is InChI=1S/C15H24N4O/c1-4-13-7-5-6-8-19(13)15-16-9-12(10-17-15)14(20)18-11(2)3/h9-11,13H,4-8H2,1-3H3,(H,18,20). The molecule has 0 spiro atoms. The molecule has 0 saturated carbocycles. The molecule has 1 amide bonds. The Bertz CT molecular complexity index is 444. The zero-order valence-electron chi connectivity index (χ0n) is 12.6. The number of anilines is 1. The second-order valence-electron chi connectivity index (χ2n) is 5.65. The summed E-state index contributed by atoms with van der Waals surface area (Å²) in [7, 11) is 0. The van der Waals surface area contributed by atoms with Crippen molar-refractivity contribution < 1.29 is 4.79 Å². The zero-order valence-corrected chi connectivity index (χ0v) is 12.6. The van der Waals surface area contributed by atoms with Crippen molar-refractivity contribution >= 4 is 11.9 Å². The summed E-state index contributed by atoms with van der Waals surface area (Å²) in [6.07, 6.45) is 8.04. The Morgan fingerprint density at radius 2 is 2.10 bits per heavy atom. The van der Waals surface area contributed by atoms with Gasteiger partial charge in [0, 0.05) is 31.0 Å². The summed E-state index contributed by atoms with van der Waals surface area (Å²) in [5.41, 5.74) is 0.521. The van der Waals surface area contributed by atoms with Gasteiger partial charge in [0.1, 0.15) is 0 Å². The summed E-state index contributed by atoms with van der Waals surface area (Å²) >= 11 is 0. The van der Waals surface area contributed by atoms with E-state index in [1.165, 1.54) is 19.3 Å². The van der Waals surface area contributed by atoms with Crippen LogP contribution in [-0.4, -0.2) is 34.5 Å². The van der Waals surface area contributed by atoms with Gasteiger partial charge in [0.25, 0.3) is 5.91 Å². The topological polar surface area (TPSA) is 58.1 Å². The number of rotatable bonds is 4. The predicted molar refractivity (Wildman–Crippen MR) is 79.9 cm³/mol. The van der Waals surface area contributed by atoms with Crippen LogP contribution in [0, 0.1) is 0 Å². The number of hydrogen-bond acceptors (Lipinski definition) is 4. The van der Waals surface area contributed by atoms with Crippen molar-refractivity contribution in [2.24, 2.45) is 0 Å². The minimum Gasteiger partial charge on any atom is -0.350 e. The Hall–Kier alpha value is -1.65. The highest BCUT2D eigenvalue weighted by molar-refractivity contribution is 5.93. The average Bonchev–Trinajstić information content (AvgIpc) is 2.46. The molecule has 1 aliphatic heterocycles. The molecule has 2 rings (SSSR count). The Morgan fingerprint density at radius 1 is 1.40 bits per heavy atom. The molecular weight excluding hydrogens is 252 g/mol. The molecule has 1 aliphatic rings. The molecule has 1 aromatic rings. The lowest BCUT2D eigenvalue weighted by Crippen LogP contribution is -2.40. The van der Waals surface area contributed by atoms with Gasteiger partial charge in [0.05, 0.1) is 5.56 Å². The molecule has 1 N–H and O–H groups in total. The first-order valence-corrected chi connectivity index (χ1v) is 7.51. The molecule has 1 aromatic heterocycles. The summed E-state index contributed by atoms with van der Waals surface area (Å²) in [5, 5.41) is 2.85. The number of carbonyl (C=O) groups is 1. The van der Waals surface area contributed by atoms with Gasteiger partial charge < -0.3 is 10.2 Å². The number of hydrogen-bond donors (Lipinski definition) is 1. The van der Waals surface area contributed by atoms with Crippen molar-refractivity contribution in [3.63, 3.8) is 0 Å². The van der Waals surface area contributed by atoms with Crippen LogP contribution in [0.25, 0.3) is 0 Å². The number of nitrogens with one attached hydrogen (secondary N) is 1. The van der Waals surface area contributed by atoms with E-state index in [-0.39, 0.29) is 11.9 Å². The van der Waals surface area contributed by atoms with Crippen LogP contribution in [0.5, 0.6) is 0 Å². The SMILES string of the molecule is CCC1CCCCN1c1ncc(C(=O)NC(C)C)cn1. The van der Waals surface area contributed by atoms with Crippen molar-refractivity contribution in [3.05, 3.63) is 18.0 Å². The fourth-order valence-corrected chi connectivity index (χ4v) is 2.62. The molecule has 110 valence electrons. The first kappa shape index (κ1) is 14.8. The molecule has 0 aromatic carbocycles. The van der Waals surface area contributed by atoms with Crippen molar-refractivity contribution in [3.8, 4) is 0 Å². The van der Waals surface area contributed by atoms with Gasteiger partial charge >= 0.3 is 0 Å². The monoisotopic (exact) mass is 276 g/mol. The van der Waals surface area contributed by atoms with Gasteiger partial charge in [0.15, 0.2) is 0 Å². The smallest absolute Gasteiger partial charge is 0.254 e. The van der Waals surface area contributed by atoms with Gasteiger partial charge in [-0.2, -0.15) is 0 Å². The largest absolute Gasteiger partial charge is 0.350 e. The molecule has 0 radical (unpaired) electrons. The third-order valence-electron chi connectivity index (χ3n) is 3.68. The molecule has 2 heterocycles. The summed E-state index contributed by atoms with van der Waals surface area (Å²) < 4.78 is 0. The van der Waals surface area contributed by atoms with Crippen LogP contribution in [-0.2, 0) is 0 Å². The Balaban J connectivity index is 2.09. The number of nitrogens with zero attached hydrogens (tertiary/aromatic N) is 3. The minimum absolute atomic E-state index is 0.114. The maximum Gasteiger partial charge on any atom is 0.254 e. The average molecular weight is 276 g/mol. The number of amides is 1. The second-order valence-corrected chi connectivity index (χ2v) is 5.65. The molecule has 1 atom stereocenters. The lowest BCUT2D eigenvalue weighted by atomic mass is 10.0. The fraction of sp³-hybridized carbons (Fsp3) is 0.667. The summed E-state index contributed by atoms with van der Waals surface area (Å²) in [4.78, 5) is 22.9. The lowest BCUT2D eigenvalue weighted by Gasteiger charge is -2.35. The van der Waals surface area contributed by atoms with E-state index < -0.39 is 0 Å². The molecule has 5 nitrogen and oxygen atoms in total. The van der Waals surface area contributed by atoms with E-state index in [4.69, 9.17) is 0 Å².